The summed E-state index contributed by atoms with van der Waals surface area (Å²) in [5.41, 5.74) is 4.32. The Bertz CT molecular complexity index is 755. The van der Waals surface area contributed by atoms with E-state index in [1.165, 1.54) is 24.0 Å². The number of benzene rings is 1. The first-order valence-corrected chi connectivity index (χ1v) is 7.62. The summed E-state index contributed by atoms with van der Waals surface area (Å²) >= 11 is 0. The third-order valence-electron chi connectivity index (χ3n) is 3.17. The normalized spacial score (nSPS) is 14.6. The summed E-state index contributed by atoms with van der Waals surface area (Å²) in [6, 6.07) is 8.44. The van der Waals surface area contributed by atoms with Crippen molar-refractivity contribution in [2.75, 3.05) is 0 Å². The quantitative estimate of drug-likeness (QED) is 0.816. The summed E-state index contributed by atoms with van der Waals surface area (Å²) in [6.07, 6.45) is 2.55. The monoisotopic (exact) mass is 308 g/mol. The topological polar surface area (TPSA) is 107 Å². The molecule has 0 bridgehead atoms. The van der Waals surface area contributed by atoms with Gasteiger partial charge in [-0.05, 0) is 12.5 Å². The number of aromatic nitrogens is 2. The standard InChI is InChI=1S/C13H16N4O3S/c1-13(12(14)18,10-6-4-3-5-7-10)16-21(19,20)11-8-15-17(2)9-11/h3-9,16H,1-2H3,(H2,14,18)/t13-/m0/s1. The fourth-order valence-electron chi connectivity index (χ4n) is 1.89. The Kier molecular flexibility index (Phi) is 3.84. The highest BCUT2D eigenvalue weighted by molar-refractivity contribution is 7.89. The third kappa shape index (κ3) is 2.96. The zero-order valence-corrected chi connectivity index (χ0v) is 12.5. The largest absolute Gasteiger partial charge is 0.368 e. The molecule has 1 amide bonds. The van der Waals surface area contributed by atoms with Crippen LogP contribution in [-0.2, 0) is 27.4 Å². The molecule has 112 valence electrons. The van der Waals surface area contributed by atoms with Gasteiger partial charge in [-0.2, -0.15) is 9.82 Å². The van der Waals surface area contributed by atoms with Gasteiger partial charge in [0.25, 0.3) is 0 Å². The van der Waals surface area contributed by atoms with E-state index in [0.29, 0.717) is 5.56 Å². The average molecular weight is 308 g/mol. The summed E-state index contributed by atoms with van der Waals surface area (Å²) in [7, 11) is -2.32. The van der Waals surface area contributed by atoms with Crippen LogP contribution in [0.15, 0.2) is 47.6 Å². The van der Waals surface area contributed by atoms with E-state index < -0.39 is 21.5 Å². The van der Waals surface area contributed by atoms with E-state index in [9.17, 15) is 13.2 Å². The Hall–Kier alpha value is -2.19. The molecule has 0 unspecified atom stereocenters. The lowest BCUT2D eigenvalue weighted by atomic mass is 9.93. The van der Waals surface area contributed by atoms with Crippen LogP contribution in [0, 0.1) is 0 Å². The molecule has 1 aromatic heterocycles. The van der Waals surface area contributed by atoms with Crippen molar-refractivity contribution >= 4 is 15.9 Å². The maximum Gasteiger partial charge on any atom is 0.244 e. The number of hydrogen-bond donors (Lipinski definition) is 2. The Morgan fingerprint density at radius 1 is 1.33 bits per heavy atom. The summed E-state index contributed by atoms with van der Waals surface area (Å²) in [6.45, 7) is 1.43. The summed E-state index contributed by atoms with van der Waals surface area (Å²) in [5, 5.41) is 3.81. The van der Waals surface area contributed by atoms with Crippen molar-refractivity contribution in [3.05, 3.63) is 48.3 Å². The summed E-state index contributed by atoms with van der Waals surface area (Å²) < 4.78 is 28.5. The number of carbonyl (C=O) groups is 1. The fourth-order valence-corrected chi connectivity index (χ4v) is 3.24. The second kappa shape index (κ2) is 5.30. The number of aryl methyl sites for hydroxylation is 1. The van der Waals surface area contributed by atoms with E-state index in [4.69, 9.17) is 5.73 Å². The molecular weight excluding hydrogens is 292 g/mol. The number of hydrogen-bond acceptors (Lipinski definition) is 4. The smallest absolute Gasteiger partial charge is 0.244 e. The molecule has 2 rings (SSSR count). The Labute approximate surface area is 122 Å². The van der Waals surface area contributed by atoms with Crippen LogP contribution in [0.4, 0.5) is 0 Å². The van der Waals surface area contributed by atoms with Crippen LogP contribution in [0.2, 0.25) is 0 Å². The van der Waals surface area contributed by atoms with Gasteiger partial charge in [0.2, 0.25) is 15.9 Å². The molecule has 3 N–H and O–H groups in total. The molecule has 8 heteroatoms. The van der Waals surface area contributed by atoms with E-state index in [1.54, 1.807) is 37.4 Å². The second-order valence-corrected chi connectivity index (χ2v) is 6.49. The number of carbonyl (C=O) groups excluding carboxylic acids is 1. The first-order valence-electron chi connectivity index (χ1n) is 6.14. The van der Waals surface area contributed by atoms with Crippen molar-refractivity contribution in [2.45, 2.75) is 17.4 Å². The molecule has 7 nitrogen and oxygen atoms in total. The van der Waals surface area contributed by atoms with Gasteiger partial charge in [-0.25, -0.2) is 8.42 Å². The van der Waals surface area contributed by atoms with Gasteiger partial charge >= 0.3 is 0 Å². The summed E-state index contributed by atoms with van der Waals surface area (Å²) in [4.78, 5) is 11.8. The van der Waals surface area contributed by atoms with E-state index >= 15 is 0 Å². The van der Waals surface area contributed by atoms with Crippen LogP contribution in [-0.4, -0.2) is 24.1 Å². The predicted octanol–water partition coefficient (Wildman–Crippen LogP) is 0.0991. The number of rotatable bonds is 5. The van der Waals surface area contributed by atoms with Gasteiger partial charge in [0.05, 0.1) is 6.20 Å². The van der Waals surface area contributed by atoms with E-state index in [2.05, 4.69) is 9.82 Å². The molecule has 0 fully saturated rings. The van der Waals surface area contributed by atoms with E-state index in [1.807, 2.05) is 0 Å². The minimum Gasteiger partial charge on any atom is -0.368 e. The molecule has 1 atom stereocenters. The molecule has 2 aromatic rings. The van der Waals surface area contributed by atoms with Gasteiger partial charge in [-0.15, -0.1) is 0 Å². The highest BCUT2D eigenvalue weighted by Crippen LogP contribution is 2.23. The SMILES string of the molecule is Cn1cc(S(=O)(=O)N[C@](C)(C(N)=O)c2ccccc2)cn1. The molecule has 21 heavy (non-hydrogen) atoms. The van der Waals surface area contributed by atoms with Crippen molar-refractivity contribution in [3.63, 3.8) is 0 Å². The highest BCUT2D eigenvalue weighted by atomic mass is 32.2. The van der Waals surface area contributed by atoms with Crippen LogP contribution >= 0.6 is 0 Å². The number of nitrogens with two attached hydrogens (primary N) is 1. The van der Waals surface area contributed by atoms with Crippen LogP contribution < -0.4 is 10.5 Å². The molecule has 0 aliphatic rings. The van der Waals surface area contributed by atoms with Crippen LogP contribution in [0.5, 0.6) is 0 Å². The lowest BCUT2D eigenvalue weighted by Crippen LogP contribution is -2.52. The van der Waals surface area contributed by atoms with Crippen LogP contribution in [0.25, 0.3) is 0 Å². The highest BCUT2D eigenvalue weighted by Gasteiger charge is 2.38. The maximum absolute atomic E-state index is 12.4. The Morgan fingerprint density at radius 3 is 2.43 bits per heavy atom. The van der Waals surface area contributed by atoms with Crippen molar-refractivity contribution in [2.24, 2.45) is 12.8 Å². The molecule has 0 aliphatic heterocycles. The van der Waals surface area contributed by atoms with Crippen LogP contribution in [0.1, 0.15) is 12.5 Å². The van der Waals surface area contributed by atoms with Gasteiger partial charge in [0, 0.05) is 13.2 Å². The molecule has 0 saturated heterocycles. The lowest BCUT2D eigenvalue weighted by molar-refractivity contribution is -0.123. The number of sulfonamides is 1. The van der Waals surface area contributed by atoms with Gasteiger partial charge in [-0.1, -0.05) is 30.3 Å². The molecule has 0 radical (unpaired) electrons. The van der Waals surface area contributed by atoms with Gasteiger partial charge in [0.1, 0.15) is 10.4 Å². The molecule has 1 heterocycles. The number of nitrogens with zero attached hydrogens (tertiary/aromatic N) is 2. The summed E-state index contributed by atoms with van der Waals surface area (Å²) in [5.74, 6) is -0.791. The molecule has 1 aromatic carbocycles. The van der Waals surface area contributed by atoms with E-state index in [0.717, 1.165) is 0 Å². The first kappa shape index (κ1) is 15.2. The number of amides is 1. The minimum atomic E-state index is -3.92. The number of nitrogens with one attached hydrogen (secondary N) is 1. The zero-order valence-electron chi connectivity index (χ0n) is 11.6. The Morgan fingerprint density at radius 2 is 1.95 bits per heavy atom. The van der Waals surface area contributed by atoms with Crippen molar-refractivity contribution < 1.29 is 13.2 Å². The first-order chi connectivity index (χ1) is 9.75. The average Bonchev–Trinajstić information content (AvgIpc) is 2.86. The van der Waals surface area contributed by atoms with Crippen LogP contribution in [0.3, 0.4) is 0 Å². The third-order valence-corrected chi connectivity index (χ3v) is 4.68. The Balaban J connectivity index is 2.44. The minimum absolute atomic E-state index is 0.0339. The second-order valence-electron chi connectivity index (χ2n) is 4.81. The number of primary amides is 1. The van der Waals surface area contributed by atoms with Gasteiger partial charge in [0.15, 0.2) is 0 Å². The van der Waals surface area contributed by atoms with Gasteiger partial charge < -0.3 is 5.73 Å². The van der Waals surface area contributed by atoms with Crippen molar-refractivity contribution in [3.8, 4) is 0 Å². The lowest BCUT2D eigenvalue weighted by Gasteiger charge is -2.27. The van der Waals surface area contributed by atoms with Crippen molar-refractivity contribution in [1.29, 1.82) is 0 Å². The molecular formula is C13H16N4O3S. The fraction of sp³-hybridized carbons (Fsp3) is 0.231. The van der Waals surface area contributed by atoms with Gasteiger partial charge in [-0.3, -0.25) is 9.48 Å². The van der Waals surface area contributed by atoms with Crippen molar-refractivity contribution in [1.82, 2.24) is 14.5 Å². The molecule has 0 aliphatic carbocycles. The maximum atomic E-state index is 12.4. The molecule has 0 spiro atoms. The molecule has 0 saturated carbocycles. The zero-order chi connectivity index (χ0) is 15.7. The van der Waals surface area contributed by atoms with E-state index in [-0.39, 0.29) is 4.90 Å². The predicted molar refractivity (Wildman–Crippen MR) is 76.5 cm³/mol.